The maximum atomic E-state index is 13.2. The van der Waals surface area contributed by atoms with E-state index in [9.17, 15) is 24.0 Å². The second-order valence-electron chi connectivity index (χ2n) is 15.6. The Balaban J connectivity index is 0.796. The summed E-state index contributed by atoms with van der Waals surface area (Å²) in [6.45, 7) is 6.85. The van der Waals surface area contributed by atoms with Crippen LogP contribution in [0.2, 0.25) is 0 Å². The smallest absolute Gasteiger partial charge is 0.274 e. The third-order valence-electron chi connectivity index (χ3n) is 11.3. The van der Waals surface area contributed by atoms with E-state index in [4.69, 9.17) is 0 Å². The van der Waals surface area contributed by atoms with E-state index in [0.29, 0.717) is 30.1 Å². The number of rotatable bonds is 18. The molecular weight excluding hydrogens is 735 g/mol. The highest BCUT2D eigenvalue weighted by atomic mass is 16.2. The van der Waals surface area contributed by atoms with Gasteiger partial charge in [0, 0.05) is 76.3 Å². The van der Waals surface area contributed by atoms with Gasteiger partial charge in [-0.05, 0) is 105 Å². The van der Waals surface area contributed by atoms with Gasteiger partial charge in [0.25, 0.3) is 11.8 Å². The fraction of sp³-hybridized carbons (Fsp3) is 0.500. The molecule has 0 spiro atoms. The van der Waals surface area contributed by atoms with Crippen LogP contribution in [0.1, 0.15) is 103 Å². The Bertz CT molecular complexity index is 1860. The summed E-state index contributed by atoms with van der Waals surface area (Å²) in [6, 6.07) is 14.4. The van der Waals surface area contributed by atoms with Gasteiger partial charge in [0.15, 0.2) is 11.5 Å². The number of benzene rings is 1. The lowest BCUT2D eigenvalue weighted by atomic mass is 9.91. The number of hydrogen-bond acceptors (Lipinski definition) is 10. The standard InChI is InChI=1S/C44H57N9O5/c54-40(18-14-35-12-8-22-45-32-35)46-23-5-4-9-33-20-25-53(26-21-33)44(58)38-15-17-39(50-49-38)52-29-27-51(28-30-52)24-6-2-1-3-10-34-11-7-13-36(31-34)42(56)47-37-16-19-41(55)48-43(37)57/h7-8,11-15,17-18,22,31-33,37H,1-6,9-10,16,19-21,23-30H2,(H,46,54)(H,47,56)(H,48,55,57)/b18-14+. The van der Waals surface area contributed by atoms with Crippen LogP contribution >= 0.6 is 0 Å². The summed E-state index contributed by atoms with van der Waals surface area (Å²) >= 11 is 0. The van der Waals surface area contributed by atoms with Crippen molar-refractivity contribution in [1.29, 1.82) is 0 Å². The van der Waals surface area contributed by atoms with Crippen molar-refractivity contribution in [3.8, 4) is 0 Å². The van der Waals surface area contributed by atoms with Crippen molar-refractivity contribution in [1.82, 2.24) is 40.9 Å². The van der Waals surface area contributed by atoms with Gasteiger partial charge in [-0.3, -0.25) is 39.2 Å². The van der Waals surface area contributed by atoms with Gasteiger partial charge in [-0.1, -0.05) is 43.9 Å². The molecule has 3 N–H and O–H groups in total. The summed E-state index contributed by atoms with van der Waals surface area (Å²) < 4.78 is 0. The van der Waals surface area contributed by atoms with Crippen molar-refractivity contribution in [2.75, 3.05) is 57.3 Å². The number of anilines is 1. The minimum absolute atomic E-state index is 0.0488. The van der Waals surface area contributed by atoms with Crippen molar-refractivity contribution in [2.24, 2.45) is 5.92 Å². The quantitative estimate of drug-likeness (QED) is 0.0966. The summed E-state index contributed by atoms with van der Waals surface area (Å²) in [5.41, 5.74) is 2.92. The minimum Gasteiger partial charge on any atom is -0.353 e. The summed E-state index contributed by atoms with van der Waals surface area (Å²) in [7, 11) is 0. The van der Waals surface area contributed by atoms with Crippen molar-refractivity contribution < 1.29 is 24.0 Å². The SMILES string of the molecule is O=C(/C=C/c1cccnc1)NCCCCC1CCN(C(=O)c2ccc(N3CCN(CCCCCCc4cccc(C(=O)NC5CCC(=O)NC5=O)c4)CC3)nn2)CC1. The summed E-state index contributed by atoms with van der Waals surface area (Å²) in [5.74, 6) is 0.212. The number of nitrogens with zero attached hydrogens (tertiary/aromatic N) is 6. The Morgan fingerprint density at radius 1 is 0.845 bits per heavy atom. The number of aryl methyl sites for hydroxylation is 1. The molecule has 1 atom stereocenters. The van der Waals surface area contributed by atoms with Gasteiger partial charge >= 0.3 is 0 Å². The average molecular weight is 792 g/mol. The number of hydrogen-bond donors (Lipinski definition) is 3. The molecule has 3 aromatic rings. The lowest BCUT2D eigenvalue weighted by Crippen LogP contribution is -2.52. The van der Waals surface area contributed by atoms with E-state index in [2.05, 4.69) is 40.9 Å². The van der Waals surface area contributed by atoms with Crippen LogP contribution in [0, 0.1) is 5.92 Å². The number of aromatic nitrogens is 3. The zero-order chi connectivity index (χ0) is 40.5. The number of likely N-dealkylation sites (tertiary alicyclic amines) is 1. The first-order chi connectivity index (χ1) is 28.3. The van der Waals surface area contributed by atoms with Crippen LogP contribution in [-0.4, -0.2) is 113 Å². The molecule has 308 valence electrons. The highest BCUT2D eigenvalue weighted by Gasteiger charge is 2.28. The number of nitrogens with one attached hydrogen (secondary N) is 3. The van der Waals surface area contributed by atoms with E-state index >= 15 is 0 Å². The van der Waals surface area contributed by atoms with Crippen molar-refractivity contribution >= 4 is 41.4 Å². The third kappa shape index (κ3) is 13.0. The Morgan fingerprint density at radius 3 is 2.43 bits per heavy atom. The van der Waals surface area contributed by atoms with E-state index in [-0.39, 0.29) is 30.0 Å². The van der Waals surface area contributed by atoms with Crippen LogP contribution < -0.4 is 20.9 Å². The third-order valence-corrected chi connectivity index (χ3v) is 11.3. The molecule has 0 aliphatic carbocycles. The first-order valence-electron chi connectivity index (χ1n) is 21.0. The molecule has 3 aliphatic rings. The maximum Gasteiger partial charge on any atom is 0.274 e. The Labute approximate surface area is 341 Å². The molecule has 14 nitrogen and oxygen atoms in total. The van der Waals surface area contributed by atoms with Gasteiger partial charge in [0.2, 0.25) is 17.7 Å². The number of carbonyl (C=O) groups excluding carboxylic acids is 5. The highest BCUT2D eigenvalue weighted by molar-refractivity contribution is 6.03. The fourth-order valence-electron chi connectivity index (χ4n) is 7.83. The second-order valence-corrected chi connectivity index (χ2v) is 15.6. The molecule has 5 amide bonds. The monoisotopic (exact) mass is 791 g/mol. The van der Waals surface area contributed by atoms with Crippen LogP contribution in [0.5, 0.6) is 0 Å². The molecule has 58 heavy (non-hydrogen) atoms. The number of piperazine rings is 1. The summed E-state index contributed by atoms with van der Waals surface area (Å²) in [5, 5.41) is 16.8. The van der Waals surface area contributed by atoms with E-state index < -0.39 is 11.9 Å². The predicted octanol–water partition coefficient (Wildman–Crippen LogP) is 4.18. The van der Waals surface area contributed by atoms with Crippen molar-refractivity contribution in [2.45, 2.75) is 83.1 Å². The molecule has 0 radical (unpaired) electrons. The van der Waals surface area contributed by atoms with Gasteiger partial charge in [-0.25, -0.2) is 0 Å². The molecular formula is C44H57N9O5. The topological polar surface area (TPSA) is 170 Å². The molecule has 0 bridgehead atoms. The predicted molar refractivity (Wildman–Crippen MR) is 222 cm³/mol. The van der Waals surface area contributed by atoms with Gasteiger partial charge in [-0.15, -0.1) is 10.2 Å². The van der Waals surface area contributed by atoms with Gasteiger partial charge in [0.05, 0.1) is 0 Å². The van der Waals surface area contributed by atoms with Gasteiger partial charge in [0.1, 0.15) is 6.04 Å². The number of unbranched alkanes of at least 4 members (excludes halogenated alkanes) is 4. The minimum atomic E-state index is -0.681. The second kappa shape index (κ2) is 21.9. The summed E-state index contributed by atoms with van der Waals surface area (Å²) in [6.07, 6.45) is 17.6. The van der Waals surface area contributed by atoms with Crippen molar-refractivity contribution in [3.05, 3.63) is 89.4 Å². The number of piperidine rings is 2. The lowest BCUT2D eigenvalue weighted by Gasteiger charge is -2.35. The number of carbonyl (C=O) groups is 5. The van der Waals surface area contributed by atoms with Gasteiger partial charge in [-0.2, -0.15) is 0 Å². The molecule has 3 aliphatic heterocycles. The first kappa shape index (κ1) is 42.1. The fourth-order valence-corrected chi connectivity index (χ4v) is 7.83. The number of imide groups is 1. The van der Waals surface area contributed by atoms with Crippen molar-refractivity contribution in [3.63, 3.8) is 0 Å². The number of amides is 5. The molecule has 6 rings (SSSR count). The van der Waals surface area contributed by atoms with E-state index in [1.807, 2.05) is 47.4 Å². The molecule has 2 aromatic heterocycles. The Hall–Kier alpha value is -5.50. The lowest BCUT2D eigenvalue weighted by molar-refractivity contribution is -0.134. The van der Waals surface area contributed by atoms with Crippen LogP contribution in [0.3, 0.4) is 0 Å². The zero-order valence-corrected chi connectivity index (χ0v) is 33.4. The largest absolute Gasteiger partial charge is 0.353 e. The first-order valence-corrected chi connectivity index (χ1v) is 21.0. The molecule has 3 saturated heterocycles. The van der Waals surface area contributed by atoms with Crippen LogP contribution in [0.15, 0.2) is 67.0 Å². The average Bonchev–Trinajstić information content (AvgIpc) is 3.25. The molecule has 1 unspecified atom stereocenters. The highest BCUT2D eigenvalue weighted by Crippen LogP contribution is 2.24. The van der Waals surface area contributed by atoms with Gasteiger partial charge < -0.3 is 20.4 Å². The van der Waals surface area contributed by atoms with Crippen LogP contribution in [0.25, 0.3) is 6.08 Å². The molecule has 3 fully saturated rings. The molecule has 1 aromatic carbocycles. The van der Waals surface area contributed by atoms with E-state index in [0.717, 1.165) is 127 Å². The zero-order valence-electron chi connectivity index (χ0n) is 33.4. The normalized spacial score (nSPS) is 18.0. The van der Waals surface area contributed by atoms with Crippen LogP contribution in [-0.2, 0) is 20.8 Å². The Kier molecular flexibility index (Phi) is 15.9. The van der Waals surface area contributed by atoms with E-state index in [1.165, 1.54) is 0 Å². The Morgan fingerprint density at radius 2 is 1.67 bits per heavy atom. The number of pyridine rings is 1. The van der Waals surface area contributed by atoms with E-state index in [1.54, 1.807) is 30.6 Å². The maximum absolute atomic E-state index is 13.2. The summed E-state index contributed by atoms with van der Waals surface area (Å²) in [4.78, 5) is 72.1. The van der Waals surface area contributed by atoms with Crippen LogP contribution in [0.4, 0.5) is 5.82 Å². The molecule has 14 heteroatoms. The molecule has 0 saturated carbocycles. The molecule has 5 heterocycles.